The molecule has 0 fully saturated rings. The molecule has 19 heavy (non-hydrogen) atoms. The van der Waals surface area contributed by atoms with E-state index >= 15 is 0 Å². The van der Waals surface area contributed by atoms with Crippen molar-refractivity contribution in [3.05, 3.63) is 34.9 Å². The molecule has 0 heterocycles. The summed E-state index contributed by atoms with van der Waals surface area (Å²) in [5, 5.41) is 3.01. The van der Waals surface area contributed by atoms with Gasteiger partial charge in [0.2, 0.25) is 5.91 Å². The Morgan fingerprint density at radius 3 is 2.21 bits per heavy atom. The molecule has 1 amide bonds. The van der Waals surface area contributed by atoms with Gasteiger partial charge in [-0.3, -0.25) is 4.79 Å². The highest BCUT2D eigenvalue weighted by atomic mass is 16.2. The maximum atomic E-state index is 12.2. The number of hydrogen-bond donors (Lipinski definition) is 2. The summed E-state index contributed by atoms with van der Waals surface area (Å²) in [6.07, 6.45) is 0.705. The molecular weight excluding hydrogens is 236 g/mol. The van der Waals surface area contributed by atoms with Gasteiger partial charge >= 0.3 is 0 Å². The van der Waals surface area contributed by atoms with Gasteiger partial charge in [-0.15, -0.1) is 0 Å². The maximum Gasteiger partial charge on any atom is 0.225 e. The zero-order valence-electron chi connectivity index (χ0n) is 12.7. The summed E-state index contributed by atoms with van der Waals surface area (Å²) in [4.78, 5) is 12.2. The van der Waals surface area contributed by atoms with E-state index in [0.717, 1.165) is 0 Å². The highest BCUT2D eigenvalue weighted by Crippen LogP contribution is 2.18. The molecule has 0 radical (unpaired) electrons. The number of aryl methyl sites for hydroxylation is 2. The summed E-state index contributed by atoms with van der Waals surface area (Å²) < 4.78 is 0. The van der Waals surface area contributed by atoms with E-state index in [-0.39, 0.29) is 17.4 Å². The fourth-order valence-electron chi connectivity index (χ4n) is 2.17. The molecule has 3 heteroatoms. The third kappa shape index (κ3) is 4.67. The number of rotatable bonds is 4. The van der Waals surface area contributed by atoms with Crippen LogP contribution >= 0.6 is 0 Å². The van der Waals surface area contributed by atoms with Gasteiger partial charge in [0, 0.05) is 12.1 Å². The van der Waals surface area contributed by atoms with Crippen LogP contribution in [-0.2, 0) is 11.2 Å². The second kappa shape index (κ2) is 6.20. The molecule has 1 aromatic rings. The van der Waals surface area contributed by atoms with E-state index in [2.05, 4.69) is 31.3 Å². The predicted molar refractivity (Wildman–Crippen MR) is 80.1 cm³/mol. The van der Waals surface area contributed by atoms with Gasteiger partial charge in [-0.25, -0.2) is 0 Å². The number of carbonyl (C=O) groups excluding carboxylic acids is 1. The molecule has 0 saturated carbocycles. The minimum absolute atomic E-state index is 0.0395. The van der Waals surface area contributed by atoms with Gasteiger partial charge in [0.15, 0.2) is 0 Å². The van der Waals surface area contributed by atoms with Crippen LogP contribution in [0.2, 0.25) is 0 Å². The second-order valence-electron chi connectivity index (χ2n) is 6.25. The van der Waals surface area contributed by atoms with Crippen LogP contribution in [0, 0.1) is 19.8 Å². The number of nitrogens with two attached hydrogens (primary N) is 1. The topological polar surface area (TPSA) is 55.1 Å². The Morgan fingerprint density at radius 1 is 1.26 bits per heavy atom. The molecule has 0 bridgehead atoms. The van der Waals surface area contributed by atoms with Crippen molar-refractivity contribution in [1.82, 2.24) is 5.32 Å². The van der Waals surface area contributed by atoms with Crippen molar-refractivity contribution in [1.29, 1.82) is 0 Å². The van der Waals surface area contributed by atoms with Gasteiger partial charge in [-0.05, 0) is 57.7 Å². The van der Waals surface area contributed by atoms with Crippen molar-refractivity contribution >= 4 is 5.91 Å². The Labute approximate surface area is 116 Å². The highest BCUT2D eigenvalue weighted by molar-refractivity contribution is 5.80. The van der Waals surface area contributed by atoms with E-state index < -0.39 is 0 Å². The molecule has 0 aliphatic carbocycles. The summed E-state index contributed by atoms with van der Waals surface area (Å²) in [6, 6.07) is 6.20. The molecule has 106 valence electrons. The SMILES string of the molecule is Cc1cccc(C)c1CC(CN)C(=O)NC(C)(C)C. The van der Waals surface area contributed by atoms with Crippen molar-refractivity contribution in [2.45, 2.75) is 46.6 Å². The lowest BCUT2D eigenvalue weighted by atomic mass is 9.91. The molecule has 1 atom stereocenters. The van der Waals surface area contributed by atoms with Crippen molar-refractivity contribution in [3.8, 4) is 0 Å². The van der Waals surface area contributed by atoms with E-state index in [1.807, 2.05) is 26.8 Å². The van der Waals surface area contributed by atoms with E-state index in [4.69, 9.17) is 5.73 Å². The first-order chi connectivity index (χ1) is 8.74. The zero-order chi connectivity index (χ0) is 14.6. The van der Waals surface area contributed by atoms with Crippen LogP contribution in [0.1, 0.15) is 37.5 Å². The Morgan fingerprint density at radius 2 is 1.79 bits per heavy atom. The van der Waals surface area contributed by atoms with Crippen molar-refractivity contribution in [3.63, 3.8) is 0 Å². The molecular formula is C16H26N2O. The lowest BCUT2D eigenvalue weighted by Gasteiger charge is -2.25. The zero-order valence-corrected chi connectivity index (χ0v) is 12.7. The quantitative estimate of drug-likeness (QED) is 0.875. The largest absolute Gasteiger partial charge is 0.351 e. The summed E-state index contributed by atoms with van der Waals surface area (Å²) in [6.45, 7) is 10.5. The predicted octanol–water partition coefficient (Wildman–Crippen LogP) is 2.34. The van der Waals surface area contributed by atoms with Crippen LogP contribution in [0.3, 0.4) is 0 Å². The highest BCUT2D eigenvalue weighted by Gasteiger charge is 2.23. The number of carbonyl (C=O) groups is 1. The average Bonchev–Trinajstić information content (AvgIpc) is 2.26. The Bertz CT molecular complexity index is 426. The van der Waals surface area contributed by atoms with Gasteiger partial charge in [0.25, 0.3) is 0 Å². The Balaban J connectivity index is 2.85. The summed E-state index contributed by atoms with van der Waals surface area (Å²) in [7, 11) is 0. The van der Waals surface area contributed by atoms with Crippen LogP contribution in [0.25, 0.3) is 0 Å². The molecule has 0 spiro atoms. The van der Waals surface area contributed by atoms with Gasteiger partial charge in [-0.1, -0.05) is 18.2 Å². The van der Waals surface area contributed by atoms with Crippen molar-refractivity contribution in [2.75, 3.05) is 6.54 Å². The van der Waals surface area contributed by atoms with Gasteiger partial charge in [0.05, 0.1) is 5.92 Å². The number of nitrogens with one attached hydrogen (secondary N) is 1. The van der Waals surface area contributed by atoms with Crippen LogP contribution in [0.5, 0.6) is 0 Å². The number of amides is 1. The van der Waals surface area contributed by atoms with Gasteiger partial charge in [-0.2, -0.15) is 0 Å². The standard InChI is InChI=1S/C16H26N2O/c1-11-7-6-8-12(2)14(11)9-13(10-17)15(19)18-16(3,4)5/h6-8,13H,9-10,17H2,1-5H3,(H,18,19). The minimum Gasteiger partial charge on any atom is -0.351 e. The Hall–Kier alpha value is -1.35. The monoisotopic (exact) mass is 262 g/mol. The van der Waals surface area contributed by atoms with Crippen LogP contribution in [0.15, 0.2) is 18.2 Å². The molecule has 1 unspecified atom stereocenters. The third-order valence-electron chi connectivity index (χ3n) is 3.25. The van der Waals surface area contributed by atoms with Crippen molar-refractivity contribution in [2.24, 2.45) is 11.7 Å². The van der Waals surface area contributed by atoms with Gasteiger partial charge in [0.1, 0.15) is 0 Å². The lowest BCUT2D eigenvalue weighted by molar-refractivity contribution is -0.126. The normalized spacial score (nSPS) is 13.2. The molecule has 3 nitrogen and oxygen atoms in total. The smallest absolute Gasteiger partial charge is 0.225 e. The molecule has 0 aliphatic heterocycles. The molecule has 0 saturated heterocycles. The third-order valence-corrected chi connectivity index (χ3v) is 3.25. The first-order valence-electron chi connectivity index (χ1n) is 6.82. The van der Waals surface area contributed by atoms with E-state index in [1.165, 1.54) is 16.7 Å². The molecule has 0 aromatic heterocycles. The maximum absolute atomic E-state index is 12.2. The molecule has 1 aromatic carbocycles. The first-order valence-corrected chi connectivity index (χ1v) is 6.82. The van der Waals surface area contributed by atoms with E-state index in [1.54, 1.807) is 0 Å². The molecule has 3 N–H and O–H groups in total. The second-order valence-corrected chi connectivity index (χ2v) is 6.25. The Kier molecular flexibility index (Phi) is 5.12. The van der Waals surface area contributed by atoms with Crippen LogP contribution in [-0.4, -0.2) is 18.0 Å². The molecule has 1 rings (SSSR count). The summed E-state index contributed by atoms with van der Waals surface area (Å²) in [5.41, 5.74) is 9.25. The van der Waals surface area contributed by atoms with Crippen LogP contribution in [0.4, 0.5) is 0 Å². The fourth-order valence-corrected chi connectivity index (χ4v) is 2.17. The minimum atomic E-state index is -0.217. The molecule has 0 aliphatic rings. The van der Waals surface area contributed by atoms with Crippen LogP contribution < -0.4 is 11.1 Å². The summed E-state index contributed by atoms with van der Waals surface area (Å²) >= 11 is 0. The van der Waals surface area contributed by atoms with E-state index in [9.17, 15) is 4.79 Å². The number of benzene rings is 1. The summed E-state index contributed by atoms with van der Waals surface area (Å²) in [5.74, 6) is -0.128. The van der Waals surface area contributed by atoms with Crippen molar-refractivity contribution < 1.29 is 4.79 Å². The average molecular weight is 262 g/mol. The lowest BCUT2D eigenvalue weighted by Crippen LogP contribution is -2.46. The first kappa shape index (κ1) is 15.7. The van der Waals surface area contributed by atoms with Gasteiger partial charge < -0.3 is 11.1 Å². The van der Waals surface area contributed by atoms with E-state index in [0.29, 0.717) is 13.0 Å². The fraction of sp³-hybridized carbons (Fsp3) is 0.562. The number of hydrogen-bond acceptors (Lipinski definition) is 2.